The average molecular weight is 208 g/mol. The van der Waals surface area contributed by atoms with Gasteiger partial charge in [-0.15, -0.1) is 0 Å². The van der Waals surface area contributed by atoms with Crippen LogP contribution in [-0.2, 0) is 10.0 Å². The smallest absolute Gasteiger partial charge is 0.211 e. The molecular weight excluding hydrogens is 188 g/mol. The monoisotopic (exact) mass is 208 g/mol. The lowest BCUT2D eigenvalue weighted by molar-refractivity contribution is 0.517. The first-order chi connectivity index (χ1) is 6.05. The zero-order valence-electron chi connectivity index (χ0n) is 8.41. The third kappa shape index (κ3) is 6.01. The molecule has 0 aliphatic carbocycles. The Balaban J connectivity index is 3.97. The van der Waals surface area contributed by atoms with E-state index in [9.17, 15) is 8.42 Å². The molecule has 0 aliphatic rings. The van der Waals surface area contributed by atoms with Crippen molar-refractivity contribution in [3.8, 4) is 0 Å². The molecule has 0 spiro atoms. The summed E-state index contributed by atoms with van der Waals surface area (Å²) >= 11 is 0. The molecule has 0 fully saturated rings. The summed E-state index contributed by atoms with van der Waals surface area (Å²) in [6.07, 6.45) is 2.89. The van der Waals surface area contributed by atoms with Crippen LogP contribution in [0.5, 0.6) is 0 Å². The van der Waals surface area contributed by atoms with Crippen LogP contribution in [0.25, 0.3) is 0 Å². The molecule has 0 aromatic rings. The quantitative estimate of drug-likeness (QED) is 0.638. The van der Waals surface area contributed by atoms with E-state index in [1.165, 1.54) is 0 Å². The van der Waals surface area contributed by atoms with E-state index in [0.717, 1.165) is 19.3 Å². The molecule has 0 bridgehead atoms. The lowest BCUT2D eigenvalue weighted by Crippen LogP contribution is -2.40. The van der Waals surface area contributed by atoms with Crippen LogP contribution in [0, 0.1) is 0 Å². The second kappa shape index (κ2) is 6.34. The maximum atomic E-state index is 11.2. The van der Waals surface area contributed by atoms with Gasteiger partial charge in [0, 0.05) is 12.6 Å². The van der Waals surface area contributed by atoms with Gasteiger partial charge in [0.2, 0.25) is 10.0 Å². The minimum Gasteiger partial charge on any atom is -0.329 e. The number of hydrogen-bond donors (Lipinski definition) is 2. The van der Waals surface area contributed by atoms with Gasteiger partial charge in [-0.1, -0.05) is 19.8 Å². The maximum absolute atomic E-state index is 11.2. The largest absolute Gasteiger partial charge is 0.329 e. The summed E-state index contributed by atoms with van der Waals surface area (Å²) in [6, 6.07) is -0.0927. The topological polar surface area (TPSA) is 72.2 Å². The maximum Gasteiger partial charge on any atom is 0.211 e. The van der Waals surface area contributed by atoms with Crippen molar-refractivity contribution in [1.29, 1.82) is 0 Å². The van der Waals surface area contributed by atoms with Crippen LogP contribution in [0.1, 0.15) is 33.1 Å². The average Bonchev–Trinajstić information content (AvgIpc) is 2.12. The molecule has 0 rings (SSSR count). The second-order valence-corrected chi connectivity index (χ2v) is 5.14. The summed E-state index contributed by atoms with van der Waals surface area (Å²) in [4.78, 5) is 0. The fourth-order valence-corrected chi connectivity index (χ4v) is 1.90. The van der Waals surface area contributed by atoms with Gasteiger partial charge >= 0.3 is 0 Å². The van der Waals surface area contributed by atoms with Crippen molar-refractivity contribution >= 4 is 10.0 Å². The van der Waals surface area contributed by atoms with E-state index in [0.29, 0.717) is 6.54 Å². The Morgan fingerprint density at radius 2 is 2.00 bits per heavy atom. The van der Waals surface area contributed by atoms with Gasteiger partial charge in [0.15, 0.2) is 0 Å². The Morgan fingerprint density at radius 3 is 2.38 bits per heavy atom. The van der Waals surface area contributed by atoms with Gasteiger partial charge in [-0.25, -0.2) is 13.1 Å². The van der Waals surface area contributed by atoms with Crippen molar-refractivity contribution in [3.63, 3.8) is 0 Å². The minimum absolute atomic E-state index is 0.0927. The fourth-order valence-electron chi connectivity index (χ4n) is 1.01. The van der Waals surface area contributed by atoms with E-state index in [4.69, 9.17) is 5.73 Å². The molecule has 0 heterocycles. The first-order valence-corrected chi connectivity index (χ1v) is 6.41. The van der Waals surface area contributed by atoms with Crippen molar-refractivity contribution in [3.05, 3.63) is 0 Å². The lowest BCUT2D eigenvalue weighted by Gasteiger charge is -2.15. The number of nitrogens with one attached hydrogen (secondary N) is 1. The highest BCUT2D eigenvalue weighted by Gasteiger charge is 2.13. The standard InChI is InChI=1S/C8H20N2O2S/c1-3-5-6-8(7-9)10-13(11,12)4-2/h8,10H,3-7,9H2,1-2H3. The SMILES string of the molecule is CCCCC(CN)NS(=O)(=O)CC. The van der Waals surface area contributed by atoms with Gasteiger partial charge < -0.3 is 5.73 Å². The van der Waals surface area contributed by atoms with Gasteiger partial charge in [-0.3, -0.25) is 0 Å². The molecule has 0 saturated carbocycles. The molecule has 0 aromatic heterocycles. The van der Waals surface area contributed by atoms with Crippen LogP contribution in [0.3, 0.4) is 0 Å². The molecule has 0 saturated heterocycles. The van der Waals surface area contributed by atoms with Crippen LogP contribution < -0.4 is 10.5 Å². The molecule has 80 valence electrons. The minimum atomic E-state index is -3.09. The highest BCUT2D eigenvalue weighted by atomic mass is 32.2. The van der Waals surface area contributed by atoms with Gasteiger partial charge in [-0.05, 0) is 13.3 Å². The Morgan fingerprint density at radius 1 is 1.38 bits per heavy atom. The second-order valence-electron chi connectivity index (χ2n) is 3.10. The van der Waals surface area contributed by atoms with Gasteiger partial charge in [0.1, 0.15) is 0 Å². The summed E-state index contributed by atoms with van der Waals surface area (Å²) in [5.74, 6) is 0.121. The lowest BCUT2D eigenvalue weighted by atomic mass is 10.1. The van der Waals surface area contributed by atoms with E-state index in [-0.39, 0.29) is 11.8 Å². The summed E-state index contributed by atoms with van der Waals surface area (Å²) in [5.41, 5.74) is 5.45. The first-order valence-electron chi connectivity index (χ1n) is 4.75. The van der Waals surface area contributed by atoms with Crippen molar-refractivity contribution < 1.29 is 8.42 Å². The predicted octanol–water partition coefficient (Wildman–Crippen LogP) is 0.443. The third-order valence-corrected chi connectivity index (χ3v) is 3.37. The molecule has 4 nitrogen and oxygen atoms in total. The van der Waals surface area contributed by atoms with Crippen molar-refractivity contribution in [2.75, 3.05) is 12.3 Å². The Hall–Kier alpha value is -0.130. The molecular formula is C8H20N2O2S. The van der Waals surface area contributed by atoms with E-state index in [2.05, 4.69) is 11.6 Å². The van der Waals surface area contributed by atoms with E-state index >= 15 is 0 Å². The molecule has 3 N–H and O–H groups in total. The van der Waals surface area contributed by atoms with Gasteiger partial charge in [-0.2, -0.15) is 0 Å². The molecule has 0 amide bonds. The molecule has 0 radical (unpaired) electrons. The van der Waals surface area contributed by atoms with Crippen molar-refractivity contribution in [2.24, 2.45) is 5.73 Å². The normalized spacial score (nSPS) is 14.4. The Labute approximate surface area is 80.9 Å². The van der Waals surface area contributed by atoms with Crippen LogP contribution >= 0.6 is 0 Å². The van der Waals surface area contributed by atoms with E-state index in [1.54, 1.807) is 6.92 Å². The fraction of sp³-hybridized carbons (Fsp3) is 1.00. The molecule has 0 aliphatic heterocycles. The first kappa shape index (κ1) is 12.9. The van der Waals surface area contributed by atoms with Crippen LogP contribution in [0.15, 0.2) is 0 Å². The summed E-state index contributed by atoms with van der Waals surface area (Å²) in [5, 5.41) is 0. The highest BCUT2D eigenvalue weighted by Crippen LogP contribution is 2.00. The summed E-state index contributed by atoms with van der Waals surface area (Å²) < 4.78 is 24.9. The highest BCUT2D eigenvalue weighted by molar-refractivity contribution is 7.89. The Bertz CT molecular complexity index is 214. The molecule has 13 heavy (non-hydrogen) atoms. The van der Waals surface area contributed by atoms with E-state index < -0.39 is 10.0 Å². The molecule has 0 aromatic carbocycles. The van der Waals surface area contributed by atoms with Gasteiger partial charge in [0.25, 0.3) is 0 Å². The van der Waals surface area contributed by atoms with Crippen LogP contribution in [0.2, 0.25) is 0 Å². The van der Waals surface area contributed by atoms with Crippen molar-refractivity contribution in [2.45, 2.75) is 39.2 Å². The third-order valence-electron chi connectivity index (χ3n) is 1.92. The summed E-state index contributed by atoms with van der Waals surface area (Å²) in [6.45, 7) is 4.07. The van der Waals surface area contributed by atoms with Crippen molar-refractivity contribution in [1.82, 2.24) is 4.72 Å². The van der Waals surface area contributed by atoms with Crippen LogP contribution in [-0.4, -0.2) is 26.8 Å². The summed E-state index contributed by atoms with van der Waals surface area (Å²) in [7, 11) is -3.09. The Kier molecular flexibility index (Phi) is 6.28. The zero-order chi connectivity index (χ0) is 10.3. The number of sulfonamides is 1. The number of rotatable bonds is 7. The van der Waals surface area contributed by atoms with E-state index in [1.807, 2.05) is 0 Å². The van der Waals surface area contributed by atoms with Gasteiger partial charge in [0.05, 0.1) is 5.75 Å². The number of unbranched alkanes of at least 4 members (excludes halogenated alkanes) is 1. The molecule has 5 heteroatoms. The number of nitrogens with two attached hydrogens (primary N) is 1. The molecule has 1 atom stereocenters. The predicted molar refractivity (Wildman–Crippen MR) is 55.0 cm³/mol. The zero-order valence-corrected chi connectivity index (χ0v) is 9.23. The van der Waals surface area contributed by atoms with Crippen LogP contribution in [0.4, 0.5) is 0 Å². The number of hydrogen-bond acceptors (Lipinski definition) is 3. The molecule has 1 unspecified atom stereocenters.